The highest BCUT2D eigenvalue weighted by Crippen LogP contribution is 2.21. The van der Waals surface area contributed by atoms with Gasteiger partial charge in [-0.05, 0) is 36.8 Å². The summed E-state index contributed by atoms with van der Waals surface area (Å²) >= 11 is 5.91. The molecule has 102 valence electrons. The van der Waals surface area contributed by atoms with Crippen LogP contribution in [0.15, 0.2) is 45.5 Å². The number of anilines is 1. The molecule has 3 rings (SSSR count). The van der Waals surface area contributed by atoms with Gasteiger partial charge in [0, 0.05) is 10.7 Å². The van der Waals surface area contributed by atoms with Crippen LogP contribution in [0, 0.1) is 6.92 Å². The van der Waals surface area contributed by atoms with Crippen molar-refractivity contribution in [1.82, 2.24) is 10.1 Å². The van der Waals surface area contributed by atoms with E-state index >= 15 is 0 Å². The first kappa shape index (κ1) is 12.7. The second-order valence-corrected chi connectivity index (χ2v) is 4.74. The normalized spacial score (nSPS) is 10.7. The van der Waals surface area contributed by atoms with Crippen LogP contribution in [-0.4, -0.2) is 10.1 Å². The lowest BCUT2D eigenvalue weighted by Crippen LogP contribution is -1.99. The van der Waals surface area contributed by atoms with E-state index < -0.39 is 0 Å². The van der Waals surface area contributed by atoms with Crippen molar-refractivity contribution in [2.24, 2.45) is 0 Å². The quantitative estimate of drug-likeness (QED) is 0.789. The second kappa shape index (κ2) is 5.38. The Kier molecular flexibility index (Phi) is 3.43. The summed E-state index contributed by atoms with van der Waals surface area (Å²) in [6.45, 7) is 2.35. The lowest BCUT2D eigenvalue weighted by molar-refractivity contribution is 0.382. The molecule has 1 N–H and O–H groups in total. The number of hydrogen-bond acceptors (Lipinski definition) is 5. The van der Waals surface area contributed by atoms with Crippen LogP contribution in [0.2, 0.25) is 5.02 Å². The minimum absolute atomic E-state index is 0.424. The van der Waals surface area contributed by atoms with Crippen molar-refractivity contribution in [3.63, 3.8) is 0 Å². The Morgan fingerprint density at radius 1 is 1.30 bits per heavy atom. The second-order valence-electron chi connectivity index (χ2n) is 4.31. The van der Waals surface area contributed by atoms with Crippen molar-refractivity contribution in [2.75, 3.05) is 5.32 Å². The van der Waals surface area contributed by atoms with Gasteiger partial charge in [0.15, 0.2) is 5.76 Å². The van der Waals surface area contributed by atoms with Crippen LogP contribution in [-0.2, 0) is 6.54 Å². The van der Waals surface area contributed by atoms with Crippen molar-refractivity contribution in [3.8, 4) is 11.6 Å². The Hall–Kier alpha value is -2.27. The molecule has 0 bridgehead atoms. The van der Waals surface area contributed by atoms with Crippen molar-refractivity contribution < 1.29 is 8.94 Å². The van der Waals surface area contributed by atoms with Gasteiger partial charge in [-0.15, -0.1) is 0 Å². The molecule has 1 aromatic carbocycles. The molecular formula is C14H12ClN3O2. The maximum atomic E-state index is 5.91. The monoisotopic (exact) mass is 289 g/mol. The number of aryl methyl sites for hydroxylation is 1. The zero-order valence-electron chi connectivity index (χ0n) is 10.8. The lowest BCUT2D eigenvalue weighted by Gasteiger charge is -2.02. The van der Waals surface area contributed by atoms with Gasteiger partial charge in [0.1, 0.15) is 0 Å². The van der Waals surface area contributed by atoms with Crippen LogP contribution < -0.4 is 5.32 Å². The summed E-state index contributed by atoms with van der Waals surface area (Å²) in [5.74, 6) is 1.56. The molecule has 2 heterocycles. The van der Waals surface area contributed by atoms with E-state index in [1.807, 2.05) is 37.3 Å². The molecule has 0 spiro atoms. The number of aromatic nitrogens is 2. The van der Waals surface area contributed by atoms with Crippen molar-refractivity contribution in [1.29, 1.82) is 0 Å². The minimum atomic E-state index is 0.424. The van der Waals surface area contributed by atoms with Gasteiger partial charge in [0.2, 0.25) is 11.7 Å². The number of hydrogen-bond donors (Lipinski definition) is 1. The number of nitrogens with zero attached hydrogens (tertiary/aromatic N) is 2. The summed E-state index contributed by atoms with van der Waals surface area (Å²) in [6, 6.07) is 9.29. The molecular weight excluding hydrogens is 278 g/mol. The third-order valence-electron chi connectivity index (χ3n) is 2.80. The van der Waals surface area contributed by atoms with Crippen molar-refractivity contribution >= 4 is 17.3 Å². The summed E-state index contributed by atoms with van der Waals surface area (Å²) in [5.41, 5.74) is 1.87. The number of furan rings is 1. The van der Waals surface area contributed by atoms with Gasteiger partial charge in [-0.2, -0.15) is 4.98 Å². The standard InChI is InChI=1S/C14H12ClN3O2/c1-9-5-6-19-13(9)14-17-12(20-18-14)8-16-11-4-2-3-10(15)7-11/h2-7,16H,8H2,1H3. The van der Waals surface area contributed by atoms with Gasteiger partial charge in [-0.25, -0.2) is 0 Å². The molecule has 0 aliphatic heterocycles. The van der Waals surface area contributed by atoms with Crippen molar-refractivity contribution in [3.05, 3.63) is 53.1 Å². The molecule has 0 atom stereocenters. The van der Waals surface area contributed by atoms with E-state index in [-0.39, 0.29) is 0 Å². The molecule has 0 saturated heterocycles. The number of nitrogens with one attached hydrogen (secondary N) is 1. The fraction of sp³-hybridized carbons (Fsp3) is 0.143. The molecule has 2 aromatic heterocycles. The van der Waals surface area contributed by atoms with Gasteiger partial charge in [-0.3, -0.25) is 0 Å². The van der Waals surface area contributed by atoms with E-state index in [4.69, 9.17) is 20.5 Å². The van der Waals surface area contributed by atoms with E-state index in [1.54, 1.807) is 6.26 Å². The van der Waals surface area contributed by atoms with E-state index in [1.165, 1.54) is 0 Å². The minimum Gasteiger partial charge on any atom is -0.461 e. The fourth-order valence-electron chi connectivity index (χ4n) is 1.80. The highest BCUT2D eigenvalue weighted by Gasteiger charge is 2.13. The van der Waals surface area contributed by atoms with Crippen LogP contribution >= 0.6 is 11.6 Å². The highest BCUT2D eigenvalue weighted by atomic mass is 35.5. The van der Waals surface area contributed by atoms with E-state index in [0.717, 1.165) is 11.3 Å². The Morgan fingerprint density at radius 3 is 2.95 bits per heavy atom. The summed E-state index contributed by atoms with van der Waals surface area (Å²) in [6.07, 6.45) is 1.60. The van der Waals surface area contributed by atoms with Gasteiger partial charge >= 0.3 is 0 Å². The summed E-state index contributed by atoms with van der Waals surface area (Å²) < 4.78 is 10.5. The Labute approximate surface area is 120 Å². The molecule has 6 heteroatoms. The maximum Gasteiger partial charge on any atom is 0.246 e. The maximum absolute atomic E-state index is 5.91. The Bertz CT molecular complexity index is 721. The first-order valence-electron chi connectivity index (χ1n) is 6.09. The topological polar surface area (TPSA) is 64.1 Å². The van der Waals surface area contributed by atoms with E-state index in [0.29, 0.717) is 29.0 Å². The van der Waals surface area contributed by atoms with Gasteiger partial charge in [-0.1, -0.05) is 22.8 Å². The smallest absolute Gasteiger partial charge is 0.246 e. The van der Waals surface area contributed by atoms with Crippen LogP contribution in [0.5, 0.6) is 0 Å². The molecule has 20 heavy (non-hydrogen) atoms. The van der Waals surface area contributed by atoms with Crippen LogP contribution in [0.3, 0.4) is 0 Å². The number of benzene rings is 1. The number of halogens is 1. The molecule has 5 nitrogen and oxygen atoms in total. The lowest BCUT2D eigenvalue weighted by atomic mass is 10.3. The molecule has 0 aliphatic rings. The largest absolute Gasteiger partial charge is 0.461 e. The van der Waals surface area contributed by atoms with E-state index in [9.17, 15) is 0 Å². The molecule has 0 unspecified atom stereocenters. The predicted molar refractivity (Wildman–Crippen MR) is 75.5 cm³/mol. The average Bonchev–Trinajstić information content (AvgIpc) is 3.05. The number of rotatable bonds is 4. The third kappa shape index (κ3) is 2.67. The highest BCUT2D eigenvalue weighted by molar-refractivity contribution is 6.30. The van der Waals surface area contributed by atoms with Gasteiger partial charge in [0.25, 0.3) is 0 Å². The van der Waals surface area contributed by atoms with Crippen LogP contribution in [0.4, 0.5) is 5.69 Å². The fourth-order valence-corrected chi connectivity index (χ4v) is 1.99. The van der Waals surface area contributed by atoms with Gasteiger partial charge in [0.05, 0.1) is 12.8 Å². The first-order valence-corrected chi connectivity index (χ1v) is 6.46. The Morgan fingerprint density at radius 2 is 2.20 bits per heavy atom. The molecule has 0 saturated carbocycles. The van der Waals surface area contributed by atoms with Crippen molar-refractivity contribution in [2.45, 2.75) is 13.5 Å². The van der Waals surface area contributed by atoms with Crippen LogP contribution in [0.1, 0.15) is 11.5 Å². The predicted octanol–water partition coefficient (Wildman–Crippen LogP) is 3.90. The SMILES string of the molecule is Cc1ccoc1-c1noc(CNc2cccc(Cl)c2)n1. The first-order chi connectivity index (χ1) is 9.72. The zero-order valence-corrected chi connectivity index (χ0v) is 11.5. The van der Waals surface area contributed by atoms with Crippen LogP contribution in [0.25, 0.3) is 11.6 Å². The average molecular weight is 290 g/mol. The van der Waals surface area contributed by atoms with E-state index in [2.05, 4.69) is 15.5 Å². The summed E-state index contributed by atoms with van der Waals surface area (Å²) in [4.78, 5) is 4.28. The molecule has 3 aromatic rings. The molecule has 0 aliphatic carbocycles. The van der Waals surface area contributed by atoms with Gasteiger partial charge < -0.3 is 14.3 Å². The molecule has 0 amide bonds. The third-order valence-corrected chi connectivity index (χ3v) is 3.04. The molecule has 0 radical (unpaired) electrons. The Balaban J connectivity index is 1.70. The zero-order chi connectivity index (χ0) is 13.9. The molecule has 0 fully saturated rings. The summed E-state index contributed by atoms with van der Waals surface area (Å²) in [5, 5.41) is 7.74. The summed E-state index contributed by atoms with van der Waals surface area (Å²) in [7, 11) is 0.